The predicted molar refractivity (Wildman–Crippen MR) is 120 cm³/mol. The maximum atomic E-state index is 12.5. The molecule has 2 aromatic carbocycles. The van der Waals surface area contributed by atoms with E-state index in [4.69, 9.17) is 19.9 Å². The van der Waals surface area contributed by atoms with Crippen LogP contribution in [0.3, 0.4) is 0 Å². The number of anilines is 1. The minimum atomic E-state index is -0.616. The van der Waals surface area contributed by atoms with E-state index in [9.17, 15) is 14.9 Å². The Bertz CT molecular complexity index is 997. The molecule has 2 rings (SSSR count). The predicted octanol–water partition coefficient (Wildman–Crippen LogP) is 3.11. The van der Waals surface area contributed by atoms with Crippen LogP contribution in [0.15, 0.2) is 42.0 Å². The molecule has 0 bridgehead atoms. The summed E-state index contributed by atoms with van der Waals surface area (Å²) in [5.41, 5.74) is 6.11. The molecule has 9 heteroatoms. The first-order valence-electron chi connectivity index (χ1n) is 8.82. The van der Waals surface area contributed by atoms with Gasteiger partial charge in [-0.05, 0) is 77.6 Å². The number of nitriles is 1. The van der Waals surface area contributed by atoms with Gasteiger partial charge in [0.15, 0.2) is 18.1 Å². The quantitative estimate of drug-likeness (QED) is 0.297. The first-order chi connectivity index (χ1) is 14.4. The number of rotatable bonds is 9. The SMILES string of the molecule is CCOc1ccc(NC(=O)/C(C#N)=C/c2cc(I)c(OCC(N)=O)c(OC)c2)cc1. The Kier molecular flexibility index (Phi) is 8.49. The third-order valence-electron chi connectivity index (χ3n) is 3.71. The minimum absolute atomic E-state index is 0.0902. The van der Waals surface area contributed by atoms with E-state index in [1.54, 1.807) is 36.4 Å². The average Bonchev–Trinajstić information content (AvgIpc) is 2.72. The first-order valence-corrected chi connectivity index (χ1v) is 9.90. The molecule has 0 aromatic heterocycles. The Labute approximate surface area is 187 Å². The molecule has 0 saturated heterocycles. The molecular weight excluding hydrogens is 501 g/mol. The van der Waals surface area contributed by atoms with Crippen LogP contribution in [0.2, 0.25) is 0 Å². The van der Waals surface area contributed by atoms with Crippen LogP contribution >= 0.6 is 22.6 Å². The van der Waals surface area contributed by atoms with Crippen molar-refractivity contribution in [3.05, 3.63) is 51.1 Å². The number of nitrogens with zero attached hydrogens (tertiary/aromatic N) is 1. The van der Waals surface area contributed by atoms with Crippen LogP contribution in [0.4, 0.5) is 5.69 Å². The molecule has 0 aliphatic rings. The van der Waals surface area contributed by atoms with Crippen molar-refractivity contribution < 1.29 is 23.8 Å². The second-order valence-electron chi connectivity index (χ2n) is 5.87. The van der Waals surface area contributed by atoms with Gasteiger partial charge in [-0.3, -0.25) is 9.59 Å². The highest BCUT2D eigenvalue weighted by Crippen LogP contribution is 2.34. The Morgan fingerprint density at radius 1 is 1.23 bits per heavy atom. The lowest BCUT2D eigenvalue weighted by molar-refractivity contribution is -0.120. The normalized spacial score (nSPS) is 10.7. The van der Waals surface area contributed by atoms with Gasteiger partial charge in [0.1, 0.15) is 17.4 Å². The summed E-state index contributed by atoms with van der Waals surface area (Å²) in [6, 6.07) is 12.0. The molecule has 30 heavy (non-hydrogen) atoms. The van der Waals surface area contributed by atoms with E-state index in [1.807, 2.05) is 35.6 Å². The molecule has 2 aromatic rings. The van der Waals surface area contributed by atoms with Gasteiger partial charge in [-0.25, -0.2) is 0 Å². The molecule has 0 fully saturated rings. The van der Waals surface area contributed by atoms with Crippen LogP contribution in [-0.2, 0) is 9.59 Å². The number of hydrogen-bond acceptors (Lipinski definition) is 6. The van der Waals surface area contributed by atoms with Gasteiger partial charge < -0.3 is 25.3 Å². The molecule has 0 saturated carbocycles. The molecule has 2 amide bonds. The largest absolute Gasteiger partial charge is 0.494 e. The molecule has 0 unspecified atom stereocenters. The smallest absolute Gasteiger partial charge is 0.266 e. The number of methoxy groups -OCH3 is 1. The lowest BCUT2D eigenvalue weighted by atomic mass is 10.1. The van der Waals surface area contributed by atoms with Crippen LogP contribution in [-0.4, -0.2) is 32.1 Å². The number of amides is 2. The number of carbonyl (C=O) groups is 2. The summed E-state index contributed by atoms with van der Waals surface area (Å²) < 4.78 is 16.7. The fraction of sp³-hybridized carbons (Fsp3) is 0.190. The second kappa shape index (κ2) is 11.1. The van der Waals surface area contributed by atoms with E-state index in [-0.39, 0.29) is 12.2 Å². The molecule has 8 nitrogen and oxygen atoms in total. The van der Waals surface area contributed by atoms with Crippen molar-refractivity contribution in [1.82, 2.24) is 0 Å². The summed E-state index contributed by atoms with van der Waals surface area (Å²) in [6.45, 7) is 2.13. The van der Waals surface area contributed by atoms with Crippen LogP contribution in [0.1, 0.15) is 12.5 Å². The van der Waals surface area contributed by atoms with E-state index < -0.39 is 11.8 Å². The summed E-state index contributed by atoms with van der Waals surface area (Å²) in [5.74, 6) is 0.219. The van der Waals surface area contributed by atoms with Crippen molar-refractivity contribution in [3.8, 4) is 23.3 Å². The number of halogens is 1. The number of ether oxygens (including phenoxy) is 3. The average molecular weight is 521 g/mol. The maximum Gasteiger partial charge on any atom is 0.266 e. The topological polar surface area (TPSA) is 124 Å². The number of nitrogens with one attached hydrogen (secondary N) is 1. The highest BCUT2D eigenvalue weighted by atomic mass is 127. The molecule has 0 heterocycles. The standard InChI is InChI=1S/C21H20IN3O5/c1-3-29-16-6-4-15(5-7-16)25-21(27)14(11-23)8-13-9-17(22)20(18(10-13)28-2)30-12-19(24)26/h4-10H,3,12H2,1-2H3,(H2,24,26)(H,25,27)/b14-8+. The highest BCUT2D eigenvalue weighted by molar-refractivity contribution is 14.1. The molecular formula is C21H20IN3O5. The molecule has 0 atom stereocenters. The Morgan fingerprint density at radius 2 is 1.93 bits per heavy atom. The Hall–Kier alpha value is -3.26. The lowest BCUT2D eigenvalue weighted by Gasteiger charge is -2.12. The van der Waals surface area contributed by atoms with Crippen molar-refractivity contribution in [2.24, 2.45) is 5.73 Å². The zero-order valence-electron chi connectivity index (χ0n) is 16.4. The molecule has 3 N–H and O–H groups in total. The number of carbonyl (C=O) groups excluding carboxylic acids is 2. The van der Waals surface area contributed by atoms with Crippen LogP contribution in [0.5, 0.6) is 17.2 Å². The Balaban J connectivity index is 2.23. The van der Waals surface area contributed by atoms with E-state index >= 15 is 0 Å². The van der Waals surface area contributed by atoms with Gasteiger partial charge in [-0.1, -0.05) is 0 Å². The summed E-state index contributed by atoms with van der Waals surface area (Å²) >= 11 is 2.00. The second-order valence-corrected chi connectivity index (χ2v) is 7.03. The zero-order chi connectivity index (χ0) is 22.1. The van der Waals surface area contributed by atoms with Gasteiger partial charge >= 0.3 is 0 Å². The first kappa shape index (κ1) is 23.0. The number of nitrogens with two attached hydrogens (primary N) is 1. The minimum Gasteiger partial charge on any atom is -0.494 e. The lowest BCUT2D eigenvalue weighted by Crippen LogP contribution is -2.20. The van der Waals surface area contributed by atoms with Crippen LogP contribution < -0.4 is 25.3 Å². The number of benzene rings is 2. The van der Waals surface area contributed by atoms with Crippen LogP contribution in [0, 0.1) is 14.9 Å². The van der Waals surface area contributed by atoms with Gasteiger partial charge in [-0.2, -0.15) is 5.26 Å². The fourth-order valence-corrected chi connectivity index (χ4v) is 3.20. The molecule has 156 valence electrons. The number of hydrogen-bond donors (Lipinski definition) is 2. The Morgan fingerprint density at radius 3 is 2.50 bits per heavy atom. The van der Waals surface area contributed by atoms with Gasteiger partial charge in [-0.15, -0.1) is 0 Å². The van der Waals surface area contributed by atoms with Gasteiger partial charge in [0.25, 0.3) is 11.8 Å². The summed E-state index contributed by atoms with van der Waals surface area (Å²) in [7, 11) is 1.44. The van der Waals surface area contributed by atoms with Crippen molar-refractivity contribution >= 4 is 46.2 Å². The van der Waals surface area contributed by atoms with E-state index in [0.29, 0.717) is 38.7 Å². The van der Waals surface area contributed by atoms with Crippen molar-refractivity contribution in [2.75, 3.05) is 25.6 Å². The van der Waals surface area contributed by atoms with Crippen molar-refractivity contribution in [2.45, 2.75) is 6.92 Å². The maximum absolute atomic E-state index is 12.5. The summed E-state index contributed by atoms with van der Waals surface area (Å²) in [6.07, 6.45) is 1.44. The highest BCUT2D eigenvalue weighted by Gasteiger charge is 2.15. The van der Waals surface area contributed by atoms with Gasteiger partial charge in [0, 0.05) is 5.69 Å². The third kappa shape index (κ3) is 6.38. The monoisotopic (exact) mass is 521 g/mol. The van der Waals surface area contributed by atoms with E-state index in [2.05, 4.69) is 5.32 Å². The van der Waals surface area contributed by atoms with E-state index in [0.717, 1.165) is 0 Å². The van der Waals surface area contributed by atoms with Gasteiger partial charge in [0.05, 0.1) is 17.3 Å². The molecule has 0 aliphatic heterocycles. The van der Waals surface area contributed by atoms with E-state index in [1.165, 1.54) is 13.2 Å². The van der Waals surface area contributed by atoms with Crippen molar-refractivity contribution in [1.29, 1.82) is 5.26 Å². The number of primary amides is 1. The third-order valence-corrected chi connectivity index (χ3v) is 4.51. The molecule has 0 spiro atoms. The summed E-state index contributed by atoms with van der Waals surface area (Å²) in [5, 5.41) is 12.1. The molecule has 0 aliphatic carbocycles. The summed E-state index contributed by atoms with van der Waals surface area (Å²) in [4.78, 5) is 23.5. The van der Waals surface area contributed by atoms with Crippen molar-refractivity contribution in [3.63, 3.8) is 0 Å². The van der Waals surface area contributed by atoms with Crippen LogP contribution in [0.25, 0.3) is 6.08 Å². The fourth-order valence-electron chi connectivity index (χ4n) is 2.42. The molecule has 0 radical (unpaired) electrons. The van der Waals surface area contributed by atoms with Gasteiger partial charge in [0.2, 0.25) is 0 Å². The zero-order valence-corrected chi connectivity index (χ0v) is 18.6.